The van der Waals surface area contributed by atoms with Crippen molar-refractivity contribution in [2.45, 2.75) is 5.92 Å². The van der Waals surface area contributed by atoms with Crippen molar-refractivity contribution in [3.63, 3.8) is 0 Å². The molecule has 2 aromatic rings. The van der Waals surface area contributed by atoms with Crippen LogP contribution in [0.1, 0.15) is 11.5 Å². The zero-order valence-electron chi connectivity index (χ0n) is 12.2. The molecule has 0 saturated heterocycles. The number of carbonyl (C=O) groups excluding carboxylic acids is 2. The smallest absolute Gasteiger partial charge is 0.330 e. The molecule has 0 heterocycles. The van der Waals surface area contributed by atoms with Gasteiger partial charge in [0.15, 0.2) is 5.92 Å². The van der Waals surface area contributed by atoms with E-state index in [2.05, 4.69) is 4.74 Å². The molecule has 0 bridgehead atoms. The van der Waals surface area contributed by atoms with Gasteiger partial charge < -0.3 is 9.47 Å². The molecule has 2 rings (SSSR count). The summed E-state index contributed by atoms with van der Waals surface area (Å²) < 4.78 is 9.77. The molecule has 0 amide bonds. The lowest BCUT2D eigenvalue weighted by Gasteiger charge is -2.14. The number of carbonyl (C=O) groups is 2. The third kappa shape index (κ3) is 3.91. The highest BCUT2D eigenvalue weighted by molar-refractivity contribution is 6.01. The van der Waals surface area contributed by atoms with Gasteiger partial charge in [-0.2, -0.15) is 0 Å². The van der Waals surface area contributed by atoms with Gasteiger partial charge >= 0.3 is 11.9 Å². The lowest BCUT2D eigenvalue weighted by atomic mass is 9.99. The Bertz CT molecular complexity index is 711. The van der Waals surface area contributed by atoms with Gasteiger partial charge in [0.25, 0.3) is 5.69 Å². The number of methoxy groups -OCH3 is 1. The highest BCUT2D eigenvalue weighted by atomic mass is 16.6. The van der Waals surface area contributed by atoms with Gasteiger partial charge in [-0.1, -0.05) is 30.3 Å². The maximum atomic E-state index is 12.3. The second kappa shape index (κ2) is 7.17. The quantitative estimate of drug-likeness (QED) is 0.276. The molecule has 0 radical (unpaired) electrons. The minimum absolute atomic E-state index is 0.102. The molecular weight excluding hydrogens is 302 g/mol. The van der Waals surface area contributed by atoms with Crippen LogP contribution >= 0.6 is 0 Å². The predicted octanol–water partition coefficient (Wildman–Crippen LogP) is 2.46. The van der Waals surface area contributed by atoms with E-state index < -0.39 is 22.8 Å². The summed E-state index contributed by atoms with van der Waals surface area (Å²) in [6, 6.07) is 13.3. The molecule has 1 atom stereocenters. The van der Waals surface area contributed by atoms with E-state index in [-0.39, 0.29) is 11.4 Å². The number of nitrogens with zero attached hydrogens (tertiary/aromatic N) is 1. The highest BCUT2D eigenvalue weighted by Crippen LogP contribution is 2.23. The monoisotopic (exact) mass is 315 g/mol. The molecule has 0 N–H and O–H groups in total. The number of hydrogen-bond acceptors (Lipinski definition) is 6. The summed E-state index contributed by atoms with van der Waals surface area (Å²) in [6.07, 6.45) is 0. The topological polar surface area (TPSA) is 95.7 Å². The lowest BCUT2D eigenvalue weighted by molar-refractivity contribution is -0.384. The third-order valence-corrected chi connectivity index (χ3v) is 3.07. The van der Waals surface area contributed by atoms with Crippen LogP contribution in [0.2, 0.25) is 0 Å². The van der Waals surface area contributed by atoms with Crippen LogP contribution < -0.4 is 4.74 Å². The van der Waals surface area contributed by atoms with E-state index in [4.69, 9.17) is 4.74 Å². The van der Waals surface area contributed by atoms with Crippen molar-refractivity contribution < 1.29 is 24.0 Å². The van der Waals surface area contributed by atoms with Gasteiger partial charge in [0.2, 0.25) is 0 Å². The Kier molecular flexibility index (Phi) is 5.03. The first-order valence-electron chi connectivity index (χ1n) is 6.62. The minimum Gasteiger partial charge on any atom is -0.468 e. The SMILES string of the molecule is COC(=O)C(C(=O)Oc1ccc([N+](=O)[O-])cc1)c1ccccc1. The Morgan fingerprint density at radius 1 is 1.00 bits per heavy atom. The third-order valence-electron chi connectivity index (χ3n) is 3.07. The maximum Gasteiger partial charge on any atom is 0.330 e. The van der Waals surface area contributed by atoms with Crippen molar-refractivity contribution in [2.24, 2.45) is 0 Å². The molecule has 0 aliphatic rings. The van der Waals surface area contributed by atoms with Crippen LogP contribution in [0.3, 0.4) is 0 Å². The van der Waals surface area contributed by atoms with Crippen molar-refractivity contribution in [3.05, 3.63) is 70.3 Å². The van der Waals surface area contributed by atoms with Gasteiger partial charge in [0, 0.05) is 12.1 Å². The second-order valence-electron chi connectivity index (χ2n) is 4.54. The average molecular weight is 315 g/mol. The number of ether oxygens (including phenoxy) is 2. The van der Waals surface area contributed by atoms with Crippen LogP contribution in [0.4, 0.5) is 5.69 Å². The average Bonchev–Trinajstić information content (AvgIpc) is 2.56. The fourth-order valence-electron chi connectivity index (χ4n) is 1.94. The molecule has 7 heteroatoms. The Morgan fingerprint density at radius 3 is 2.13 bits per heavy atom. The summed E-state index contributed by atoms with van der Waals surface area (Å²) in [7, 11) is 1.18. The Morgan fingerprint density at radius 2 is 1.61 bits per heavy atom. The Hall–Kier alpha value is -3.22. The molecule has 0 fully saturated rings. The summed E-state index contributed by atoms with van der Waals surface area (Å²) in [5.41, 5.74) is 0.309. The zero-order chi connectivity index (χ0) is 16.8. The van der Waals surface area contributed by atoms with E-state index in [1.807, 2.05) is 0 Å². The molecule has 1 unspecified atom stereocenters. The number of benzene rings is 2. The summed E-state index contributed by atoms with van der Waals surface area (Å²) in [6.45, 7) is 0. The first-order valence-corrected chi connectivity index (χ1v) is 6.62. The van der Waals surface area contributed by atoms with E-state index in [1.54, 1.807) is 30.3 Å². The number of non-ortho nitro benzene ring substituents is 1. The second-order valence-corrected chi connectivity index (χ2v) is 4.54. The molecular formula is C16H13NO6. The van der Waals surface area contributed by atoms with Gasteiger partial charge in [-0.25, -0.2) is 0 Å². The number of nitro benzene ring substituents is 1. The molecule has 7 nitrogen and oxygen atoms in total. The first kappa shape index (κ1) is 16.2. The van der Waals surface area contributed by atoms with Crippen molar-refractivity contribution in [2.75, 3.05) is 7.11 Å². The van der Waals surface area contributed by atoms with Crippen molar-refractivity contribution in [1.82, 2.24) is 0 Å². The Labute approximate surface area is 131 Å². The predicted molar refractivity (Wildman–Crippen MR) is 79.9 cm³/mol. The maximum absolute atomic E-state index is 12.3. The van der Waals surface area contributed by atoms with Crippen LogP contribution in [0.15, 0.2) is 54.6 Å². The van der Waals surface area contributed by atoms with Crippen molar-refractivity contribution in [1.29, 1.82) is 0 Å². The molecule has 118 valence electrons. The fourth-order valence-corrected chi connectivity index (χ4v) is 1.94. The summed E-state index contributed by atoms with van der Waals surface area (Å²) >= 11 is 0. The largest absolute Gasteiger partial charge is 0.468 e. The van der Waals surface area contributed by atoms with Gasteiger partial charge in [0.05, 0.1) is 12.0 Å². The molecule has 0 spiro atoms. The van der Waals surface area contributed by atoms with E-state index in [0.717, 1.165) is 0 Å². The van der Waals surface area contributed by atoms with Crippen molar-refractivity contribution >= 4 is 17.6 Å². The molecule has 2 aromatic carbocycles. The van der Waals surface area contributed by atoms with Gasteiger partial charge in [-0.05, 0) is 17.7 Å². The summed E-state index contributed by atoms with van der Waals surface area (Å²) in [4.78, 5) is 34.2. The first-order chi connectivity index (χ1) is 11.0. The number of rotatable bonds is 5. The standard InChI is InChI=1S/C16H13NO6/c1-22-15(18)14(11-5-3-2-4-6-11)16(19)23-13-9-7-12(8-10-13)17(20)21/h2-10,14H,1H3. The van der Waals surface area contributed by atoms with E-state index in [9.17, 15) is 19.7 Å². The Balaban J connectivity index is 2.21. The number of nitro groups is 1. The van der Waals surface area contributed by atoms with Crippen LogP contribution in [0, 0.1) is 10.1 Å². The van der Waals surface area contributed by atoms with E-state index in [1.165, 1.54) is 31.4 Å². The lowest BCUT2D eigenvalue weighted by Crippen LogP contribution is -2.27. The number of esters is 2. The zero-order valence-corrected chi connectivity index (χ0v) is 12.2. The van der Waals surface area contributed by atoms with Crippen LogP contribution in [0.5, 0.6) is 5.75 Å². The van der Waals surface area contributed by atoms with Crippen LogP contribution in [-0.4, -0.2) is 24.0 Å². The molecule has 0 aliphatic carbocycles. The van der Waals surface area contributed by atoms with Crippen LogP contribution in [-0.2, 0) is 14.3 Å². The van der Waals surface area contributed by atoms with Gasteiger partial charge in [-0.15, -0.1) is 0 Å². The number of hydrogen-bond donors (Lipinski definition) is 0. The molecule has 0 aliphatic heterocycles. The van der Waals surface area contributed by atoms with Crippen LogP contribution in [0.25, 0.3) is 0 Å². The van der Waals surface area contributed by atoms with E-state index >= 15 is 0 Å². The summed E-state index contributed by atoms with van der Waals surface area (Å²) in [5, 5.41) is 10.6. The molecule has 0 saturated carbocycles. The fraction of sp³-hybridized carbons (Fsp3) is 0.125. The van der Waals surface area contributed by atoms with Gasteiger partial charge in [0.1, 0.15) is 5.75 Å². The minimum atomic E-state index is -1.23. The highest BCUT2D eigenvalue weighted by Gasteiger charge is 2.31. The van der Waals surface area contributed by atoms with Gasteiger partial charge in [-0.3, -0.25) is 19.7 Å². The van der Waals surface area contributed by atoms with E-state index in [0.29, 0.717) is 5.56 Å². The normalized spacial score (nSPS) is 11.3. The summed E-state index contributed by atoms with van der Waals surface area (Å²) in [5.74, 6) is -2.69. The molecule has 0 aromatic heterocycles. The van der Waals surface area contributed by atoms with Crippen molar-refractivity contribution in [3.8, 4) is 5.75 Å². The molecule has 23 heavy (non-hydrogen) atoms.